The SMILES string of the molecule is NC(=O)c1cc(-n2cc(Br)cn2)ccn1. The number of hydrogen-bond donors (Lipinski definition) is 1. The number of amides is 1. The first kappa shape index (κ1) is 9.85. The van der Waals surface area contributed by atoms with Gasteiger partial charge in [-0.05, 0) is 28.1 Å². The molecule has 0 aliphatic carbocycles. The molecule has 0 aliphatic heterocycles. The topological polar surface area (TPSA) is 73.8 Å². The van der Waals surface area contributed by atoms with Gasteiger partial charge in [-0.25, -0.2) is 4.68 Å². The van der Waals surface area contributed by atoms with Crippen LogP contribution in [0.15, 0.2) is 35.2 Å². The highest BCUT2D eigenvalue weighted by atomic mass is 79.9. The molecular formula is C9H7BrN4O. The Kier molecular flexibility index (Phi) is 2.51. The van der Waals surface area contributed by atoms with E-state index in [4.69, 9.17) is 5.73 Å². The van der Waals surface area contributed by atoms with Crippen LogP contribution >= 0.6 is 15.9 Å². The third kappa shape index (κ3) is 2.04. The van der Waals surface area contributed by atoms with Crippen LogP contribution in [-0.4, -0.2) is 20.7 Å². The second kappa shape index (κ2) is 3.82. The average Bonchev–Trinajstić information content (AvgIpc) is 2.65. The summed E-state index contributed by atoms with van der Waals surface area (Å²) in [4.78, 5) is 14.8. The van der Waals surface area contributed by atoms with Crippen LogP contribution in [0.3, 0.4) is 0 Å². The highest BCUT2D eigenvalue weighted by molar-refractivity contribution is 9.10. The van der Waals surface area contributed by atoms with Gasteiger partial charge in [-0.15, -0.1) is 0 Å². The lowest BCUT2D eigenvalue weighted by atomic mass is 10.3. The molecule has 0 unspecified atom stereocenters. The van der Waals surface area contributed by atoms with Crippen molar-refractivity contribution >= 4 is 21.8 Å². The first-order valence-electron chi connectivity index (χ1n) is 4.13. The highest BCUT2D eigenvalue weighted by Gasteiger charge is 2.04. The van der Waals surface area contributed by atoms with E-state index in [1.54, 1.807) is 29.2 Å². The van der Waals surface area contributed by atoms with Crippen LogP contribution in [0.1, 0.15) is 10.5 Å². The summed E-state index contributed by atoms with van der Waals surface area (Å²) in [5, 5.41) is 4.08. The summed E-state index contributed by atoms with van der Waals surface area (Å²) in [6.45, 7) is 0. The van der Waals surface area contributed by atoms with Crippen LogP contribution in [0.2, 0.25) is 0 Å². The number of nitrogens with zero attached hydrogens (tertiary/aromatic N) is 3. The van der Waals surface area contributed by atoms with E-state index in [1.165, 1.54) is 6.20 Å². The first-order chi connectivity index (χ1) is 7.16. The van der Waals surface area contributed by atoms with E-state index in [2.05, 4.69) is 26.0 Å². The number of rotatable bonds is 2. The van der Waals surface area contributed by atoms with E-state index >= 15 is 0 Å². The van der Waals surface area contributed by atoms with Crippen molar-refractivity contribution in [2.24, 2.45) is 5.73 Å². The Hall–Kier alpha value is -1.69. The Morgan fingerprint density at radius 1 is 1.53 bits per heavy atom. The molecule has 0 aromatic carbocycles. The Labute approximate surface area is 94.0 Å². The molecule has 6 heteroatoms. The highest BCUT2D eigenvalue weighted by Crippen LogP contribution is 2.12. The van der Waals surface area contributed by atoms with Crippen molar-refractivity contribution in [2.45, 2.75) is 0 Å². The van der Waals surface area contributed by atoms with Gasteiger partial charge in [-0.2, -0.15) is 5.10 Å². The number of halogens is 1. The fourth-order valence-electron chi connectivity index (χ4n) is 1.14. The van der Waals surface area contributed by atoms with Gasteiger partial charge in [0, 0.05) is 12.4 Å². The first-order valence-corrected chi connectivity index (χ1v) is 4.92. The average molecular weight is 267 g/mol. The fourth-order valence-corrected chi connectivity index (χ4v) is 1.42. The second-order valence-corrected chi connectivity index (χ2v) is 3.78. The second-order valence-electron chi connectivity index (χ2n) is 2.87. The number of carbonyl (C=O) groups is 1. The van der Waals surface area contributed by atoms with Crippen LogP contribution < -0.4 is 5.73 Å². The van der Waals surface area contributed by atoms with Gasteiger partial charge in [0.15, 0.2) is 0 Å². The number of carbonyl (C=O) groups excluding carboxylic acids is 1. The van der Waals surface area contributed by atoms with Gasteiger partial charge in [-0.3, -0.25) is 9.78 Å². The number of hydrogen-bond acceptors (Lipinski definition) is 3. The zero-order chi connectivity index (χ0) is 10.8. The minimum Gasteiger partial charge on any atom is -0.364 e. The quantitative estimate of drug-likeness (QED) is 0.886. The maximum absolute atomic E-state index is 10.9. The molecule has 1 amide bonds. The molecule has 2 rings (SSSR count). The summed E-state index contributed by atoms with van der Waals surface area (Å²) in [5.74, 6) is -0.553. The van der Waals surface area contributed by atoms with Crippen molar-refractivity contribution in [3.05, 3.63) is 40.9 Å². The fraction of sp³-hybridized carbons (Fsp3) is 0. The van der Waals surface area contributed by atoms with Crippen LogP contribution in [0.25, 0.3) is 5.69 Å². The molecule has 2 N–H and O–H groups in total. The van der Waals surface area contributed by atoms with Gasteiger partial charge < -0.3 is 5.73 Å². The van der Waals surface area contributed by atoms with Crippen molar-refractivity contribution in [2.75, 3.05) is 0 Å². The zero-order valence-corrected chi connectivity index (χ0v) is 9.18. The van der Waals surface area contributed by atoms with Crippen LogP contribution in [0.4, 0.5) is 0 Å². The van der Waals surface area contributed by atoms with E-state index in [-0.39, 0.29) is 5.69 Å². The normalized spacial score (nSPS) is 10.2. The van der Waals surface area contributed by atoms with Gasteiger partial charge >= 0.3 is 0 Å². The zero-order valence-electron chi connectivity index (χ0n) is 7.59. The van der Waals surface area contributed by atoms with E-state index in [1.807, 2.05) is 0 Å². The molecule has 2 heterocycles. The van der Waals surface area contributed by atoms with E-state index in [0.717, 1.165) is 10.2 Å². The summed E-state index contributed by atoms with van der Waals surface area (Å²) in [6.07, 6.45) is 4.95. The summed E-state index contributed by atoms with van der Waals surface area (Å²) < 4.78 is 2.48. The number of pyridine rings is 1. The maximum atomic E-state index is 10.9. The van der Waals surface area contributed by atoms with Crippen molar-refractivity contribution in [1.82, 2.24) is 14.8 Å². The molecular weight excluding hydrogens is 260 g/mol. The number of nitrogens with two attached hydrogens (primary N) is 1. The predicted octanol–water partition coefficient (Wildman–Crippen LogP) is 1.13. The lowest BCUT2D eigenvalue weighted by molar-refractivity contribution is 0.0995. The lowest BCUT2D eigenvalue weighted by Gasteiger charge is -2.01. The molecule has 0 spiro atoms. The lowest BCUT2D eigenvalue weighted by Crippen LogP contribution is -2.13. The van der Waals surface area contributed by atoms with Crippen LogP contribution in [-0.2, 0) is 0 Å². The van der Waals surface area contributed by atoms with Gasteiger partial charge in [0.1, 0.15) is 5.69 Å². The van der Waals surface area contributed by atoms with E-state index < -0.39 is 5.91 Å². The summed E-state index contributed by atoms with van der Waals surface area (Å²) in [6, 6.07) is 3.33. The van der Waals surface area contributed by atoms with Crippen LogP contribution in [0.5, 0.6) is 0 Å². The van der Waals surface area contributed by atoms with Gasteiger partial charge in [0.2, 0.25) is 0 Å². The molecule has 2 aromatic heterocycles. The Morgan fingerprint density at radius 2 is 2.33 bits per heavy atom. The van der Waals surface area contributed by atoms with Crippen molar-refractivity contribution in [3.63, 3.8) is 0 Å². The molecule has 15 heavy (non-hydrogen) atoms. The minimum atomic E-state index is -0.553. The Bertz CT molecular complexity index is 508. The smallest absolute Gasteiger partial charge is 0.267 e. The molecule has 0 bridgehead atoms. The third-order valence-electron chi connectivity index (χ3n) is 1.81. The maximum Gasteiger partial charge on any atom is 0.267 e. The molecule has 0 saturated heterocycles. The molecule has 0 saturated carbocycles. The molecule has 0 atom stereocenters. The van der Waals surface area contributed by atoms with Gasteiger partial charge in [0.05, 0.1) is 16.4 Å². The molecule has 2 aromatic rings. The molecule has 0 radical (unpaired) electrons. The van der Waals surface area contributed by atoms with Crippen molar-refractivity contribution in [3.8, 4) is 5.69 Å². The van der Waals surface area contributed by atoms with E-state index in [9.17, 15) is 4.79 Å². The number of primary amides is 1. The van der Waals surface area contributed by atoms with Crippen molar-refractivity contribution in [1.29, 1.82) is 0 Å². The Morgan fingerprint density at radius 3 is 2.93 bits per heavy atom. The number of aromatic nitrogens is 3. The summed E-state index contributed by atoms with van der Waals surface area (Å²) in [5.41, 5.74) is 6.09. The Balaban J connectivity index is 2.45. The summed E-state index contributed by atoms with van der Waals surface area (Å²) >= 11 is 3.29. The van der Waals surface area contributed by atoms with Gasteiger partial charge in [0.25, 0.3) is 5.91 Å². The molecule has 0 aliphatic rings. The summed E-state index contributed by atoms with van der Waals surface area (Å²) in [7, 11) is 0. The van der Waals surface area contributed by atoms with Crippen molar-refractivity contribution < 1.29 is 4.79 Å². The monoisotopic (exact) mass is 266 g/mol. The molecule has 76 valence electrons. The third-order valence-corrected chi connectivity index (χ3v) is 2.22. The molecule has 0 fully saturated rings. The minimum absolute atomic E-state index is 0.221. The molecule has 5 nitrogen and oxygen atoms in total. The van der Waals surface area contributed by atoms with E-state index in [0.29, 0.717) is 0 Å². The van der Waals surface area contributed by atoms with Gasteiger partial charge in [-0.1, -0.05) is 0 Å². The standard InChI is InChI=1S/C9H7BrN4O/c10-6-4-13-14(5-6)7-1-2-12-8(3-7)9(11)15/h1-5H,(H2,11,15). The largest absolute Gasteiger partial charge is 0.364 e. The predicted molar refractivity (Wildman–Crippen MR) is 57.6 cm³/mol. The van der Waals surface area contributed by atoms with Crippen LogP contribution in [0, 0.1) is 0 Å².